The second-order valence-electron chi connectivity index (χ2n) is 3.57. The molecule has 4 heteroatoms. The number of pyridine rings is 1. The van der Waals surface area contributed by atoms with Gasteiger partial charge in [-0.3, -0.25) is 4.98 Å². The highest BCUT2D eigenvalue weighted by molar-refractivity contribution is 5.17. The van der Waals surface area contributed by atoms with Crippen LogP contribution in [0.3, 0.4) is 0 Å². The van der Waals surface area contributed by atoms with E-state index in [2.05, 4.69) is 16.0 Å². The van der Waals surface area contributed by atoms with Crippen molar-refractivity contribution in [3.05, 3.63) is 47.8 Å². The minimum absolute atomic E-state index is 0.0148. The van der Waals surface area contributed by atoms with Gasteiger partial charge >= 0.3 is 0 Å². The van der Waals surface area contributed by atoms with Crippen LogP contribution in [-0.4, -0.2) is 19.6 Å². The number of imidazole rings is 1. The van der Waals surface area contributed by atoms with Gasteiger partial charge < -0.3 is 9.67 Å². The van der Waals surface area contributed by atoms with Crippen molar-refractivity contribution in [1.29, 1.82) is 0 Å². The monoisotopic (exact) mass is 203 g/mol. The van der Waals surface area contributed by atoms with Crippen LogP contribution in [0.5, 0.6) is 0 Å². The lowest BCUT2D eigenvalue weighted by atomic mass is 10.2. The molecule has 2 rings (SSSR count). The molecule has 15 heavy (non-hydrogen) atoms. The molecule has 0 spiro atoms. The molecule has 0 amide bonds. The zero-order valence-corrected chi connectivity index (χ0v) is 8.59. The van der Waals surface area contributed by atoms with Gasteiger partial charge in [0.15, 0.2) is 0 Å². The van der Waals surface area contributed by atoms with Crippen molar-refractivity contribution in [3.8, 4) is 0 Å². The van der Waals surface area contributed by atoms with Crippen LogP contribution in [0.2, 0.25) is 0 Å². The van der Waals surface area contributed by atoms with E-state index in [1.165, 1.54) is 0 Å². The number of aryl methyl sites for hydroxylation is 1. The van der Waals surface area contributed by atoms with Crippen molar-refractivity contribution in [2.75, 3.05) is 0 Å². The molecule has 4 nitrogen and oxygen atoms in total. The summed E-state index contributed by atoms with van der Waals surface area (Å²) < 4.78 is 1.93. The van der Waals surface area contributed by atoms with Crippen LogP contribution in [0.1, 0.15) is 16.8 Å². The molecule has 0 saturated carbocycles. The maximum atomic E-state index is 8.87. The van der Waals surface area contributed by atoms with E-state index < -0.39 is 0 Å². The highest BCUT2D eigenvalue weighted by Crippen LogP contribution is 2.05. The molecule has 0 aliphatic carbocycles. The molecule has 0 fully saturated rings. The SMILES string of the molecule is Cc1cncc(Cn2cnc(CO)c2)c1. The van der Waals surface area contributed by atoms with Crippen LogP contribution in [0, 0.1) is 6.92 Å². The Hall–Kier alpha value is -1.68. The summed E-state index contributed by atoms with van der Waals surface area (Å²) in [7, 11) is 0. The van der Waals surface area contributed by atoms with E-state index in [0.29, 0.717) is 5.69 Å². The second kappa shape index (κ2) is 4.23. The Balaban J connectivity index is 2.14. The van der Waals surface area contributed by atoms with Gasteiger partial charge in [0.05, 0.1) is 25.2 Å². The highest BCUT2D eigenvalue weighted by atomic mass is 16.3. The van der Waals surface area contributed by atoms with Gasteiger partial charge in [-0.1, -0.05) is 6.07 Å². The lowest BCUT2D eigenvalue weighted by Gasteiger charge is -2.02. The first-order valence-corrected chi connectivity index (χ1v) is 4.80. The molecule has 2 aromatic rings. The number of rotatable bonds is 3. The van der Waals surface area contributed by atoms with Gasteiger partial charge in [-0.2, -0.15) is 0 Å². The Labute approximate surface area is 88.2 Å². The fourth-order valence-electron chi connectivity index (χ4n) is 1.49. The zero-order valence-electron chi connectivity index (χ0n) is 8.59. The predicted octanol–water partition coefficient (Wildman–Crippen LogP) is 1.13. The summed E-state index contributed by atoms with van der Waals surface area (Å²) >= 11 is 0. The second-order valence-corrected chi connectivity index (χ2v) is 3.57. The van der Waals surface area contributed by atoms with E-state index in [9.17, 15) is 0 Å². The predicted molar refractivity (Wildman–Crippen MR) is 56.2 cm³/mol. The molecular weight excluding hydrogens is 190 g/mol. The Morgan fingerprint density at radius 2 is 2.27 bits per heavy atom. The lowest BCUT2D eigenvalue weighted by molar-refractivity contribution is 0.277. The first kappa shape index (κ1) is 9.86. The third-order valence-electron chi connectivity index (χ3n) is 2.15. The molecule has 1 N–H and O–H groups in total. The van der Waals surface area contributed by atoms with E-state index in [1.54, 1.807) is 6.33 Å². The van der Waals surface area contributed by atoms with E-state index in [4.69, 9.17) is 5.11 Å². The maximum absolute atomic E-state index is 8.87. The zero-order chi connectivity index (χ0) is 10.7. The average Bonchev–Trinajstić information content (AvgIpc) is 2.65. The summed E-state index contributed by atoms with van der Waals surface area (Å²) in [6, 6.07) is 2.09. The smallest absolute Gasteiger partial charge is 0.0953 e. The van der Waals surface area contributed by atoms with Gasteiger partial charge in [0.25, 0.3) is 0 Å². The molecule has 2 aromatic heterocycles. The molecule has 0 aromatic carbocycles. The lowest BCUT2D eigenvalue weighted by Crippen LogP contribution is -1.97. The Bertz CT molecular complexity index is 451. The number of hydrogen-bond acceptors (Lipinski definition) is 3. The summed E-state index contributed by atoms with van der Waals surface area (Å²) in [6.45, 7) is 2.74. The third-order valence-corrected chi connectivity index (χ3v) is 2.15. The van der Waals surface area contributed by atoms with Gasteiger partial charge in [0, 0.05) is 18.6 Å². The normalized spacial score (nSPS) is 10.5. The summed E-state index contributed by atoms with van der Waals surface area (Å²) in [4.78, 5) is 8.17. The summed E-state index contributed by atoms with van der Waals surface area (Å²) in [5, 5.41) is 8.87. The summed E-state index contributed by atoms with van der Waals surface area (Å²) in [6.07, 6.45) is 7.22. The Kier molecular flexibility index (Phi) is 2.78. The first-order chi connectivity index (χ1) is 7.28. The van der Waals surface area contributed by atoms with Gasteiger partial charge in [0.1, 0.15) is 0 Å². The standard InChI is InChI=1S/C11H13N3O/c1-9-2-10(4-12-3-9)5-14-6-11(7-15)13-8-14/h2-4,6,8,15H,5,7H2,1H3. The minimum atomic E-state index is -0.0148. The number of aromatic nitrogens is 3. The van der Waals surface area contributed by atoms with Crippen molar-refractivity contribution < 1.29 is 5.11 Å². The molecule has 0 aliphatic heterocycles. The first-order valence-electron chi connectivity index (χ1n) is 4.80. The Morgan fingerprint density at radius 3 is 2.93 bits per heavy atom. The topological polar surface area (TPSA) is 50.9 Å². The number of nitrogens with zero attached hydrogens (tertiary/aromatic N) is 3. The van der Waals surface area contributed by atoms with E-state index in [1.807, 2.05) is 30.1 Å². The number of hydrogen-bond donors (Lipinski definition) is 1. The number of aliphatic hydroxyl groups excluding tert-OH is 1. The molecule has 0 radical (unpaired) electrons. The van der Waals surface area contributed by atoms with E-state index >= 15 is 0 Å². The Morgan fingerprint density at radius 1 is 1.40 bits per heavy atom. The van der Waals surface area contributed by atoms with E-state index in [0.717, 1.165) is 17.7 Å². The molecule has 2 heterocycles. The van der Waals surface area contributed by atoms with Crippen molar-refractivity contribution in [2.45, 2.75) is 20.1 Å². The highest BCUT2D eigenvalue weighted by Gasteiger charge is 1.99. The van der Waals surface area contributed by atoms with Gasteiger partial charge in [-0.15, -0.1) is 0 Å². The molecule has 0 aliphatic rings. The minimum Gasteiger partial charge on any atom is -0.390 e. The van der Waals surface area contributed by atoms with Gasteiger partial charge in [-0.25, -0.2) is 4.98 Å². The maximum Gasteiger partial charge on any atom is 0.0953 e. The quantitative estimate of drug-likeness (QED) is 0.813. The summed E-state index contributed by atoms with van der Waals surface area (Å²) in [5.41, 5.74) is 2.97. The molecule has 0 unspecified atom stereocenters. The fourth-order valence-corrected chi connectivity index (χ4v) is 1.49. The fraction of sp³-hybridized carbons (Fsp3) is 0.273. The van der Waals surface area contributed by atoms with Crippen molar-refractivity contribution in [3.63, 3.8) is 0 Å². The third kappa shape index (κ3) is 2.41. The van der Waals surface area contributed by atoms with Gasteiger partial charge in [-0.05, 0) is 18.1 Å². The van der Waals surface area contributed by atoms with Crippen molar-refractivity contribution >= 4 is 0 Å². The molecule has 0 saturated heterocycles. The van der Waals surface area contributed by atoms with Crippen molar-refractivity contribution in [1.82, 2.24) is 14.5 Å². The van der Waals surface area contributed by atoms with Gasteiger partial charge in [0.2, 0.25) is 0 Å². The summed E-state index contributed by atoms with van der Waals surface area (Å²) in [5.74, 6) is 0. The molecule has 0 atom stereocenters. The van der Waals surface area contributed by atoms with Crippen LogP contribution in [0.25, 0.3) is 0 Å². The van der Waals surface area contributed by atoms with Crippen LogP contribution in [-0.2, 0) is 13.2 Å². The van der Waals surface area contributed by atoms with Crippen LogP contribution in [0.4, 0.5) is 0 Å². The van der Waals surface area contributed by atoms with Crippen LogP contribution in [0.15, 0.2) is 31.0 Å². The van der Waals surface area contributed by atoms with Crippen molar-refractivity contribution in [2.24, 2.45) is 0 Å². The molecule has 0 bridgehead atoms. The largest absolute Gasteiger partial charge is 0.390 e. The average molecular weight is 203 g/mol. The number of aliphatic hydroxyl groups is 1. The molecule has 78 valence electrons. The van der Waals surface area contributed by atoms with Crippen LogP contribution < -0.4 is 0 Å². The molecular formula is C11H13N3O. The van der Waals surface area contributed by atoms with Crippen LogP contribution >= 0.6 is 0 Å². The van der Waals surface area contributed by atoms with E-state index in [-0.39, 0.29) is 6.61 Å².